The van der Waals surface area contributed by atoms with Crippen LogP contribution in [0.25, 0.3) is 0 Å². The Balaban J connectivity index is 2.35. The van der Waals surface area contributed by atoms with E-state index in [2.05, 4.69) is 0 Å². The third-order valence-corrected chi connectivity index (χ3v) is 5.31. The number of amides is 1. The minimum Gasteiger partial charge on any atom is -0.272 e. The van der Waals surface area contributed by atoms with Crippen molar-refractivity contribution in [1.29, 1.82) is 0 Å². The molecule has 0 N–H and O–H groups in total. The Labute approximate surface area is 111 Å². The third-order valence-electron chi connectivity index (χ3n) is 3.03. The van der Waals surface area contributed by atoms with Gasteiger partial charge in [-0.15, -0.1) is 0 Å². The number of likely N-dealkylation sites (N-methyl/N-ethyl adjacent to an activating group) is 1. The van der Waals surface area contributed by atoms with E-state index in [9.17, 15) is 13.2 Å². The standard InChI is InChI=1S/C11H13ClN2O3S/c1-8-11(15)13(2)18(16,17)14(8)7-9-5-3-4-6-10(9)12/h3-6,8H,7H2,1-2H3/t8-/m0/s1. The van der Waals surface area contributed by atoms with Gasteiger partial charge < -0.3 is 0 Å². The number of benzene rings is 1. The van der Waals surface area contributed by atoms with Gasteiger partial charge in [-0.1, -0.05) is 29.8 Å². The van der Waals surface area contributed by atoms with E-state index in [1.807, 2.05) is 0 Å². The maximum Gasteiger partial charge on any atom is 0.307 e. The average molecular weight is 289 g/mol. The van der Waals surface area contributed by atoms with Crippen LogP contribution in [0.5, 0.6) is 0 Å². The van der Waals surface area contributed by atoms with Crippen LogP contribution in [-0.4, -0.2) is 36.0 Å². The van der Waals surface area contributed by atoms with E-state index in [0.29, 0.717) is 10.6 Å². The molecule has 1 aromatic carbocycles. The number of carbonyl (C=O) groups excluding carboxylic acids is 1. The monoisotopic (exact) mass is 288 g/mol. The van der Waals surface area contributed by atoms with Gasteiger partial charge in [0, 0.05) is 18.6 Å². The molecular weight excluding hydrogens is 276 g/mol. The fourth-order valence-corrected chi connectivity index (χ4v) is 3.55. The normalized spacial score (nSPS) is 23.6. The molecule has 98 valence electrons. The molecule has 1 amide bonds. The van der Waals surface area contributed by atoms with Crippen LogP contribution in [0.4, 0.5) is 0 Å². The van der Waals surface area contributed by atoms with E-state index in [1.54, 1.807) is 31.2 Å². The summed E-state index contributed by atoms with van der Waals surface area (Å²) >= 11 is 6.00. The van der Waals surface area contributed by atoms with Gasteiger partial charge in [-0.05, 0) is 18.6 Å². The summed E-state index contributed by atoms with van der Waals surface area (Å²) in [6, 6.07) is 6.28. The average Bonchev–Trinajstić information content (AvgIpc) is 2.47. The molecule has 1 heterocycles. The molecule has 2 rings (SSSR count). The molecule has 1 aromatic rings. The lowest BCUT2D eigenvalue weighted by Crippen LogP contribution is -2.33. The van der Waals surface area contributed by atoms with E-state index in [4.69, 9.17) is 11.6 Å². The van der Waals surface area contributed by atoms with Crippen LogP contribution in [-0.2, 0) is 21.5 Å². The summed E-state index contributed by atoms with van der Waals surface area (Å²) in [6.45, 7) is 1.67. The quantitative estimate of drug-likeness (QED) is 0.823. The maximum atomic E-state index is 12.0. The summed E-state index contributed by atoms with van der Waals surface area (Å²) in [4.78, 5) is 11.7. The highest BCUT2D eigenvalue weighted by Crippen LogP contribution is 2.26. The van der Waals surface area contributed by atoms with Gasteiger partial charge in [-0.3, -0.25) is 4.79 Å². The van der Waals surface area contributed by atoms with E-state index in [-0.39, 0.29) is 6.54 Å². The van der Waals surface area contributed by atoms with Gasteiger partial charge in [0.2, 0.25) is 0 Å². The Morgan fingerprint density at radius 1 is 1.33 bits per heavy atom. The Kier molecular flexibility index (Phi) is 3.35. The zero-order chi connectivity index (χ0) is 13.5. The first-order chi connectivity index (χ1) is 8.35. The van der Waals surface area contributed by atoms with Gasteiger partial charge in [0.15, 0.2) is 0 Å². The fraction of sp³-hybridized carbons (Fsp3) is 0.364. The topological polar surface area (TPSA) is 57.7 Å². The summed E-state index contributed by atoms with van der Waals surface area (Å²) in [7, 11) is -2.46. The Morgan fingerprint density at radius 3 is 2.44 bits per heavy atom. The molecule has 1 aliphatic rings. The summed E-state index contributed by atoms with van der Waals surface area (Å²) in [5.74, 6) is -0.429. The zero-order valence-corrected chi connectivity index (χ0v) is 11.6. The van der Waals surface area contributed by atoms with E-state index < -0.39 is 22.2 Å². The van der Waals surface area contributed by atoms with E-state index in [1.165, 1.54) is 7.05 Å². The van der Waals surface area contributed by atoms with Crippen molar-refractivity contribution < 1.29 is 13.2 Å². The number of rotatable bonds is 2. The van der Waals surface area contributed by atoms with Gasteiger partial charge in [-0.25, -0.2) is 4.31 Å². The van der Waals surface area contributed by atoms with Gasteiger partial charge in [0.1, 0.15) is 6.04 Å². The molecule has 0 aromatic heterocycles. The lowest BCUT2D eigenvalue weighted by Gasteiger charge is -2.18. The molecular formula is C11H13ClN2O3S. The molecule has 0 spiro atoms. The zero-order valence-electron chi connectivity index (χ0n) is 10.00. The second kappa shape index (κ2) is 4.53. The van der Waals surface area contributed by atoms with E-state index >= 15 is 0 Å². The summed E-state index contributed by atoms with van der Waals surface area (Å²) in [5, 5.41) is 0.488. The lowest BCUT2D eigenvalue weighted by atomic mass is 10.2. The summed E-state index contributed by atoms with van der Waals surface area (Å²) in [6.07, 6.45) is 0. The first-order valence-corrected chi connectivity index (χ1v) is 7.16. The van der Waals surface area contributed by atoms with Crippen LogP contribution in [0.15, 0.2) is 24.3 Å². The highest BCUT2D eigenvalue weighted by molar-refractivity contribution is 7.87. The van der Waals surface area contributed by atoms with Crippen LogP contribution < -0.4 is 0 Å². The second-order valence-electron chi connectivity index (χ2n) is 4.13. The molecule has 0 bridgehead atoms. The molecule has 18 heavy (non-hydrogen) atoms. The first-order valence-electron chi connectivity index (χ1n) is 5.38. The van der Waals surface area contributed by atoms with Crippen molar-refractivity contribution in [2.24, 2.45) is 0 Å². The predicted octanol–water partition coefficient (Wildman–Crippen LogP) is 1.25. The van der Waals surface area contributed by atoms with Crippen LogP contribution in [0, 0.1) is 0 Å². The molecule has 0 radical (unpaired) electrons. The van der Waals surface area contributed by atoms with Crippen molar-refractivity contribution in [3.63, 3.8) is 0 Å². The fourth-order valence-electron chi connectivity index (χ4n) is 1.87. The van der Waals surface area contributed by atoms with Gasteiger partial charge in [0.25, 0.3) is 5.91 Å². The number of hydrogen-bond acceptors (Lipinski definition) is 3. The molecule has 0 aliphatic carbocycles. The van der Waals surface area contributed by atoms with Crippen molar-refractivity contribution in [1.82, 2.24) is 8.61 Å². The van der Waals surface area contributed by atoms with Gasteiger partial charge in [0.05, 0.1) is 0 Å². The van der Waals surface area contributed by atoms with Crippen molar-refractivity contribution in [2.45, 2.75) is 19.5 Å². The summed E-state index contributed by atoms with van der Waals surface area (Å²) in [5.41, 5.74) is 0.678. The number of carbonyl (C=O) groups is 1. The minimum absolute atomic E-state index is 0.0965. The SMILES string of the molecule is C[C@H]1C(=O)N(C)S(=O)(=O)N1Cc1ccccc1Cl. The van der Waals surface area contributed by atoms with Crippen LogP contribution in [0.3, 0.4) is 0 Å². The van der Waals surface area contributed by atoms with Gasteiger partial charge in [-0.2, -0.15) is 12.7 Å². The van der Waals surface area contributed by atoms with Crippen molar-refractivity contribution in [2.75, 3.05) is 7.05 Å². The van der Waals surface area contributed by atoms with Crippen molar-refractivity contribution in [3.05, 3.63) is 34.9 Å². The molecule has 0 saturated carbocycles. The second-order valence-corrected chi connectivity index (χ2v) is 6.45. The third kappa shape index (κ3) is 2.00. The molecule has 7 heteroatoms. The van der Waals surface area contributed by atoms with Crippen molar-refractivity contribution in [3.8, 4) is 0 Å². The number of halogens is 1. The van der Waals surface area contributed by atoms with Crippen LogP contribution in [0.2, 0.25) is 5.02 Å². The molecule has 5 nitrogen and oxygen atoms in total. The predicted molar refractivity (Wildman–Crippen MR) is 68.1 cm³/mol. The van der Waals surface area contributed by atoms with E-state index in [0.717, 1.165) is 8.61 Å². The lowest BCUT2D eigenvalue weighted by molar-refractivity contribution is -0.126. The largest absolute Gasteiger partial charge is 0.307 e. The molecule has 1 fully saturated rings. The van der Waals surface area contributed by atoms with Gasteiger partial charge >= 0.3 is 10.2 Å². The summed E-state index contributed by atoms with van der Waals surface area (Å²) < 4.78 is 26.0. The molecule has 1 atom stereocenters. The van der Waals surface area contributed by atoms with Crippen LogP contribution >= 0.6 is 11.6 Å². The van der Waals surface area contributed by atoms with Crippen LogP contribution in [0.1, 0.15) is 12.5 Å². The molecule has 1 aliphatic heterocycles. The maximum absolute atomic E-state index is 12.0. The molecule has 1 saturated heterocycles. The number of nitrogens with zero attached hydrogens (tertiary/aromatic N) is 2. The molecule has 0 unspecified atom stereocenters. The first kappa shape index (κ1) is 13.3. The Morgan fingerprint density at radius 2 is 1.94 bits per heavy atom. The smallest absolute Gasteiger partial charge is 0.272 e. The Bertz CT molecular complexity index is 588. The Hall–Kier alpha value is -1.11. The highest BCUT2D eigenvalue weighted by atomic mass is 35.5. The highest BCUT2D eigenvalue weighted by Gasteiger charge is 2.45. The minimum atomic E-state index is -3.72. The van der Waals surface area contributed by atoms with Crippen molar-refractivity contribution >= 4 is 27.7 Å². The number of hydrogen-bond donors (Lipinski definition) is 0.